The summed E-state index contributed by atoms with van der Waals surface area (Å²) in [4.78, 5) is 0. The molecule has 0 bridgehead atoms. The second-order valence-corrected chi connectivity index (χ2v) is 4.43. The molecule has 0 atom stereocenters. The second kappa shape index (κ2) is 5.13. The van der Waals surface area contributed by atoms with Crippen molar-refractivity contribution in [1.82, 2.24) is 0 Å². The summed E-state index contributed by atoms with van der Waals surface area (Å²) in [5, 5.41) is 11.5. The first kappa shape index (κ1) is 11.8. The Balaban J connectivity index is 2.06. The third kappa shape index (κ3) is 2.55. The number of rotatable bonds is 3. The fraction of sp³-hybridized carbons (Fsp3) is 0.462. The maximum Gasteiger partial charge on any atom is 0.183 e. The van der Waals surface area contributed by atoms with Crippen LogP contribution >= 0.6 is 0 Å². The van der Waals surface area contributed by atoms with Gasteiger partial charge in [0, 0.05) is 6.54 Å². The Labute approximate surface area is 99.3 Å². The van der Waals surface area contributed by atoms with Crippen LogP contribution in [0.4, 0.5) is 14.5 Å². The Bertz CT molecular complexity index is 445. The maximum atomic E-state index is 13.5. The minimum atomic E-state index is -1.07. The van der Waals surface area contributed by atoms with Gasteiger partial charge in [-0.05, 0) is 30.9 Å². The first-order chi connectivity index (χ1) is 8.22. The van der Waals surface area contributed by atoms with Crippen LogP contribution in [0.1, 0.15) is 31.2 Å². The second-order valence-electron chi connectivity index (χ2n) is 4.43. The highest BCUT2D eigenvalue weighted by molar-refractivity contribution is 5.49. The summed E-state index contributed by atoms with van der Waals surface area (Å²) in [5.74, 6) is -1.47. The molecule has 0 unspecified atom stereocenters. The zero-order valence-corrected chi connectivity index (χ0v) is 9.47. The van der Waals surface area contributed by atoms with E-state index in [1.807, 2.05) is 0 Å². The van der Waals surface area contributed by atoms with Gasteiger partial charge in [0.15, 0.2) is 11.6 Å². The van der Waals surface area contributed by atoms with Crippen molar-refractivity contribution in [2.45, 2.75) is 25.7 Å². The number of nitriles is 1. The van der Waals surface area contributed by atoms with Gasteiger partial charge in [0.1, 0.15) is 6.07 Å². The van der Waals surface area contributed by atoms with Gasteiger partial charge in [0.05, 0.1) is 11.3 Å². The molecule has 2 rings (SSSR count). The van der Waals surface area contributed by atoms with Crippen molar-refractivity contribution >= 4 is 5.69 Å². The molecule has 90 valence electrons. The fourth-order valence-electron chi connectivity index (χ4n) is 2.24. The smallest absolute Gasteiger partial charge is 0.183 e. The summed E-state index contributed by atoms with van der Waals surface area (Å²) in [6.07, 6.45) is 4.73. The highest BCUT2D eigenvalue weighted by Crippen LogP contribution is 2.26. The average molecular weight is 236 g/mol. The zero-order valence-electron chi connectivity index (χ0n) is 9.47. The van der Waals surface area contributed by atoms with E-state index in [1.165, 1.54) is 25.0 Å². The molecule has 0 heterocycles. The molecule has 0 saturated heterocycles. The van der Waals surface area contributed by atoms with Gasteiger partial charge in [-0.15, -0.1) is 0 Å². The standard InChI is InChI=1S/C13H14F2N2/c14-12-10(7-16)5-6-11(13(12)15)17-8-9-3-1-2-4-9/h5-6,9,17H,1-4,8H2. The van der Waals surface area contributed by atoms with Gasteiger partial charge in [-0.3, -0.25) is 0 Å². The van der Waals surface area contributed by atoms with Crippen LogP contribution in [0.3, 0.4) is 0 Å². The van der Waals surface area contributed by atoms with Crippen LogP contribution in [-0.4, -0.2) is 6.54 Å². The molecule has 0 aliphatic heterocycles. The van der Waals surface area contributed by atoms with E-state index in [-0.39, 0.29) is 11.3 Å². The quantitative estimate of drug-likeness (QED) is 0.872. The predicted octanol–water partition coefficient (Wildman–Crippen LogP) is 3.44. The summed E-state index contributed by atoms with van der Waals surface area (Å²) in [6, 6.07) is 4.34. The molecule has 0 radical (unpaired) electrons. The molecule has 0 amide bonds. The highest BCUT2D eigenvalue weighted by Gasteiger charge is 2.17. The number of anilines is 1. The van der Waals surface area contributed by atoms with Crippen LogP contribution in [0.5, 0.6) is 0 Å². The van der Waals surface area contributed by atoms with Crippen molar-refractivity contribution in [1.29, 1.82) is 5.26 Å². The first-order valence-electron chi connectivity index (χ1n) is 5.84. The number of hydrogen-bond acceptors (Lipinski definition) is 2. The summed E-state index contributed by atoms with van der Waals surface area (Å²) in [5.41, 5.74) is -0.109. The number of nitrogens with zero attached hydrogens (tertiary/aromatic N) is 1. The Morgan fingerprint density at radius 1 is 1.24 bits per heavy atom. The lowest BCUT2D eigenvalue weighted by atomic mass is 10.1. The van der Waals surface area contributed by atoms with E-state index >= 15 is 0 Å². The lowest BCUT2D eigenvalue weighted by Crippen LogP contribution is -2.12. The maximum absolute atomic E-state index is 13.5. The van der Waals surface area contributed by atoms with Crippen LogP contribution in [0.25, 0.3) is 0 Å². The molecule has 1 aromatic rings. The van der Waals surface area contributed by atoms with Gasteiger partial charge in [-0.1, -0.05) is 12.8 Å². The molecular formula is C13H14F2N2. The van der Waals surface area contributed by atoms with Crippen molar-refractivity contribution < 1.29 is 8.78 Å². The van der Waals surface area contributed by atoms with Crippen LogP contribution in [0.2, 0.25) is 0 Å². The van der Waals surface area contributed by atoms with E-state index < -0.39 is 11.6 Å². The molecule has 1 aromatic carbocycles. The molecule has 0 spiro atoms. The van der Waals surface area contributed by atoms with Gasteiger partial charge in [0.25, 0.3) is 0 Å². The predicted molar refractivity (Wildman–Crippen MR) is 61.5 cm³/mol. The lowest BCUT2D eigenvalue weighted by molar-refractivity contribution is 0.506. The molecule has 0 aromatic heterocycles. The molecular weight excluding hydrogens is 222 g/mol. The van der Waals surface area contributed by atoms with E-state index in [0.717, 1.165) is 12.8 Å². The molecule has 1 fully saturated rings. The topological polar surface area (TPSA) is 35.8 Å². The molecule has 2 nitrogen and oxygen atoms in total. The van der Waals surface area contributed by atoms with Crippen LogP contribution in [-0.2, 0) is 0 Å². The number of nitrogens with one attached hydrogen (secondary N) is 1. The Morgan fingerprint density at radius 3 is 2.59 bits per heavy atom. The van der Waals surface area contributed by atoms with E-state index in [1.54, 1.807) is 6.07 Å². The number of hydrogen-bond donors (Lipinski definition) is 1. The van der Waals surface area contributed by atoms with E-state index in [0.29, 0.717) is 12.5 Å². The molecule has 1 N–H and O–H groups in total. The minimum absolute atomic E-state index is 0.147. The molecule has 1 aliphatic carbocycles. The number of halogens is 2. The third-order valence-electron chi connectivity index (χ3n) is 3.26. The van der Waals surface area contributed by atoms with E-state index in [2.05, 4.69) is 5.32 Å². The fourth-order valence-corrected chi connectivity index (χ4v) is 2.24. The van der Waals surface area contributed by atoms with Crippen LogP contribution < -0.4 is 5.32 Å². The van der Waals surface area contributed by atoms with Gasteiger partial charge in [-0.2, -0.15) is 5.26 Å². The van der Waals surface area contributed by atoms with Crippen molar-refractivity contribution in [2.75, 3.05) is 11.9 Å². The monoisotopic (exact) mass is 236 g/mol. The van der Waals surface area contributed by atoms with E-state index in [9.17, 15) is 8.78 Å². The van der Waals surface area contributed by atoms with Crippen molar-refractivity contribution in [2.24, 2.45) is 5.92 Å². The molecule has 17 heavy (non-hydrogen) atoms. The van der Waals surface area contributed by atoms with Crippen molar-refractivity contribution in [3.05, 3.63) is 29.3 Å². The van der Waals surface area contributed by atoms with Gasteiger partial charge < -0.3 is 5.32 Å². The summed E-state index contributed by atoms with van der Waals surface area (Å²) < 4.78 is 26.9. The van der Waals surface area contributed by atoms with Crippen LogP contribution in [0, 0.1) is 28.9 Å². The highest BCUT2D eigenvalue weighted by atomic mass is 19.2. The first-order valence-corrected chi connectivity index (χ1v) is 5.84. The van der Waals surface area contributed by atoms with Gasteiger partial charge >= 0.3 is 0 Å². The van der Waals surface area contributed by atoms with Gasteiger partial charge in [-0.25, -0.2) is 8.78 Å². The minimum Gasteiger partial charge on any atom is -0.382 e. The average Bonchev–Trinajstić information content (AvgIpc) is 2.84. The molecule has 1 aliphatic rings. The normalized spacial score (nSPS) is 15.8. The zero-order chi connectivity index (χ0) is 12.3. The molecule has 1 saturated carbocycles. The SMILES string of the molecule is N#Cc1ccc(NCC2CCCC2)c(F)c1F. The lowest BCUT2D eigenvalue weighted by Gasteiger charge is -2.12. The Hall–Kier alpha value is -1.63. The van der Waals surface area contributed by atoms with Crippen LogP contribution in [0.15, 0.2) is 12.1 Å². The summed E-state index contributed by atoms with van der Waals surface area (Å²) in [7, 11) is 0. The van der Waals surface area contributed by atoms with Crippen molar-refractivity contribution in [3.63, 3.8) is 0 Å². The molecule has 4 heteroatoms. The van der Waals surface area contributed by atoms with Gasteiger partial charge in [0.2, 0.25) is 0 Å². The summed E-state index contributed by atoms with van der Waals surface area (Å²) in [6.45, 7) is 0.669. The third-order valence-corrected chi connectivity index (χ3v) is 3.26. The van der Waals surface area contributed by atoms with Crippen molar-refractivity contribution in [3.8, 4) is 6.07 Å². The number of benzene rings is 1. The Kier molecular flexibility index (Phi) is 3.58. The summed E-state index contributed by atoms with van der Waals surface area (Å²) >= 11 is 0. The largest absolute Gasteiger partial charge is 0.382 e. The van der Waals surface area contributed by atoms with E-state index in [4.69, 9.17) is 5.26 Å². The Morgan fingerprint density at radius 2 is 1.94 bits per heavy atom.